The molecule has 0 saturated carbocycles. The summed E-state index contributed by atoms with van der Waals surface area (Å²) in [6, 6.07) is 0. The van der Waals surface area contributed by atoms with Crippen LogP contribution in [0.5, 0.6) is 0 Å². The molecule has 0 aliphatic heterocycles. The molecule has 0 aromatic rings. The number of esters is 3. The van der Waals surface area contributed by atoms with Gasteiger partial charge in [0.15, 0.2) is 6.10 Å². The molecule has 0 heterocycles. The van der Waals surface area contributed by atoms with Gasteiger partial charge in [0.25, 0.3) is 0 Å². The van der Waals surface area contributed by atoms with Crippen LogP contribution in [0.4, 0.5) is 0 Å². The van der Waals surface area contributed by atoms with E-state index in [2.05, 4.69) is 34.6 Å². The normalized spacial score (nSPS) is 12.6. The zero-order valence-corrected chi connectivity index (χ0v) is 36.1. The number of ether oxygens (including phenoxy) is 3. The third-order valence-electron chi connectivity index (χ3n) is 10.8. The van der Waals surface area contributed by atoms with Crippen molar-refractivity contribution in [1.82, 2.24) is 0 Å². The van der Waals surface area contributed by atoms with Crippen LogP contribution in [0.1, 0.15) is 253 Å². The van der Waals surface area contributed by atoms with E-state index < -0.39 is 6.10 Å². The van der Waals surface area contributed by atoms with Gasteiger partial charge in [-0.1, -0.05) is 214 Å². The first-order chi connectivity index (χ1) is 25.8. The topological polar surface area (TPSA) is 78.9 Å². The zero-order valence-electron chi connectivity index (χ0n) is 36.1. The standard InChI is InChI=1S/C47H90O6/c1-6-8-9-10-11-12-16-22-27-32-37-45(48)51-40-44(53-47(50)39-34-29-24-19-18-20-25-30-35-42(3)4)41-52-46(49)38-33-28-23-17-14-13-15-21-26-31-36-43(5)7-2/h42-44H,6-41H2,1-5H3/t43?,44-/m1/s1. The van der Waals surface area contributed by atoms with Gasteiger partial charge in [0.1, 0.15) is 13.2 Å². The lowest BCUT2D eigenvalue weighted by Gasteiger charge is -2.18. The van der Waals surface area contributed by atoms with Crippen molar-refractivity contribution < 1.29 is 28.6 Å². The van der Waals surface area contributed by atoms with Crippen LogP contribution in [-0.2, 0) is 28.6 Å². The molecule has 0 saturated heterocycles. The monoisotopic (exact) mass is 751 g/mol. The number of carbonyl (C=O) groups excluding carboxylic acids is 3. The molecule has 0 aliphatic rings. The van der Waals surface area contributed by atoms with Gasteiger partial charge in [-0.05, 0) is 31.1 Å². The molecular formula is C47H90O6. The first-order valence-electron chi connectivity index (χ1n) is 23.3. The van der Waals surface area contributed by atoms with Gasteiger partial charge < -0.3 is 14.2 Å². The number of carbonyl (C=O) groups is 3. The van der Waals surface area contributed by atoms with Crippen LogP contribution in [-0.4, -0.2) is 37.2 Å². The Hall–Kier alpha value is -1.59. The van der Waals surface area contributed by atoms with Crippen molar-refractivity contribution in [2.45, 2.75) is 259 Å². The van der Waals surface area contributed by atoms with E-state index in [9.17, 15) is 14.4 Å². The Balaban J connectivity index is 4.32. The van der Waals surface area contributed by atoms with Gasteiger partial charge in [0.2, 0.25) is 0 Å². The first kappa shape index (κ1) is 51.4. The molecule has 1 unspecified atom stereocenters. The molecular weight excluding hydrogens is 661 g/mol. The Morgan fingerprint density at radius 1 is 0.396 bits per heavy atom. The molecule has 0 bridgehead atoms. The second kappa shape index (κ2) is 40.1. The number of hydrogen-bond acceptors (Lipinski definition) is 6. The summed E-state index contributed by atoms with van der Waals surface area (Å²) in [5, 5.41) is 0. The van der Waals surface area contributed by atoms with E-state index in [-0.39, 0.29) is 31.1 Å². The van der Waals surface area contributed by atoms with E-state index >= 15 is 0 Å². The van der Waals surface area contributed by atoms with Crippen molar-refractivity contribution in [1.29, 1.82) is 0 Å². The van der Waals surface area contributed by atoms with Gasteiger partial charge >= 0.3 is 17.9 Å². The van der Waals surface area contributed by atoms with Crippen LogP contribution in [0.3, 0.4) is 0 Å². The smallest absolute Gasteiger partial charge is 0.306 e. The van der Waals surface area contributed by atoms with Crippen molar-refractivity contribution in [2.75, 3.05) is 13.2 Å². The molecule has 6 heteroatoms. The highest BCUT2D eigenvalue weighted by molar-refractivity contribution is 5.71. The summed E-state index contributed by atoms with van der Waals surface area (Å²) < 4.78 is 16.7. The largest absolute Gasteiger partial charge is 0.462 e. The number of rotatable bonds is 41. The van der Waals surface area contributed by atoms with Gasteiger partial charge in [0, 0.05) is 19.3 Å². The second-order valence-corrected chi connectivity index (χ2v) is 16.8. The third kappa shape index (κ3) is 39.9. The van der Waals surface area contributed by atoms with Crippen LogP contribution < -0.4 is 0 Å². The number of hydrogen-bond donors (Lipinski definition) is 0. The van der Waals surface area contributed by atoms with Gasteiger partial charge in [0.05, 0.1) is 0 Å². The summed E-state index contributed by atoms with van der Waals surface area (Å²) in [6.45, 7) is 11.3. The molecule has 6 nitrogen and oxygen atoms in total. The second-order valence-electron chi connectivity index (χ2n) is 16.8. The Morgan fingerprint density at radius 2 is 0.717 bits per heavy atom. The predicted molar refractivity (Wildman–Crippen MR) is 224 cm³/mol. The maximum absolute atomic E-state index is 12.7. The summed E-state index contributed by atoms with van der Waals surface area (Å²) in [5.41, 5.74) is 0. The highest BCUT2D eigenvalue weighted by Gasteiger charge is 2.19. The lowest BCUT2D eigenvalue weighted by atomic mass is 9.99. The Kier molecular flexibility index (Phi) is 38.9. The summed E-state index contributed by atoms with van der Waals surface area (Å²) >= 11 is 0. The Labute approximate surface area is 329 Å². The summed E-state index contributed by atoms with van der Waals surface area (Å²) in [7, 11) is 0. The van der Waals surface area contributed by atoms with Gasteiger partial charge in [-0.15, -0.1) is 0 Å². The average Bonchev–Trinajstić information content (AvgIpc) is 3.14. The van der Waals surface area contributed by atoms with E-state index in [1.54, 1.807) is 0 Å². The summed E-state index contributed by atoms with van der Waals surface area (Å²) in [5.74, 6) is 0.804. The van der Waals surface area contributed by atoms with Crippen LogP contribution in [0, 0.1) is 11.8 Å². The minimum absolute atomic E-state index is 0.0652. The minimum atomic E-state index is -0.760. The van der Waals surface area contributed by atoms with Crippen LogP contribution in [0.15, 0.2) is 0 Å². The molecule has 0 aromatic carbocycles. The Bertz CT molecular complexity index is 811. The SMILES string of the molecule is CCCCCCCCCCCCC(=O)OC[C@H](COC(=O)CCCCCCCCCCCCC(C)CC)OC(=O)CCCCCCCCCCC(C)C. The molecule has 2 atom stereocenters. The van der Waals surface area contributed by atoms with Crippen molar-refractivity contribution in [3.8, 4) is 0 Å². The van der Waals surface area contributed by atoms with Gasteiger partial charge in [-0.3, -0.25) is 14.4 Å². The predicted octanol–water partition coefficient (Wildman–Crippen LogP) is 14.6. The van der Waals surface area contributed by atoms with E-state index in [0.717, 1.165) is 69.6 Å². The van der Waals surface area contributed by atoms with Crippen molar-refractivity contribution in [3.05, 3.63) is 0 Å². The van der Waals surface area contributed by atoms with Crippen LogP contribution in [0.2, 0.25) is 0 Å². The molecule has 0 aromatic heterocycles. The van der Waals surface area contributed by atoms with E-state index in [4.69, 9.17) is 14.2 Å². The highest BCUT2D eigenvalue weighted by atomic mass is 16.6. The first-order valence-corrected chi connectivity index (χ1v) is 23.3. The Morgan fingerprint density at radius 3 is 1.08 bits per heavy atom. The van der Waals surface area contributed by atoms with Gasteiger partial charge in [-0.25, -0.2) is 0 Å². The molecule has 0 radical (unpaired) electrons. The maximum Gasteiger partial charge on any atom is 0.306 e. The fourth-order valence-corrected chi connectivity index (χ4v) is 6.90. The molecule has 0 amide bonds. The van der Waals surface area contributed by atoms with E-state index in [1.807, 2.05) is 0 Å². The highest BCUT2D eigenvalue weighted by Crippen LogP contribution is 2.17. The van der Waals surface area contributed by atoms with Crippen molar-refractivity contribution in [3.63, 3.8) is 0 Å². The van der Waals surface area contributed by atoms with E-state index in [0.29, 0.717) is 19.3 Å². The molecule has 0 spiro atoms. The molecule has 314 valence electrons. The fraction of sp³-hybridized carbons (Fsp3) is 0.936. The molecule has 0 fully saturated rings. The van der Waals surface area contributed by atoms with Crippen LogP contribution in [0.25, 0.3) is 0 Å². The van der Waals surface area contributed by atoms with Crippen molar-refractivity contribution >= 4 is 17.9 Å². The maximum atomic E-state index is 12.7. The minimum Gasteiger partial charge on any atom is -0.462 e. The van der Waals surface area contributed by atoms with Crippen molar-refractivity contribution in [2.24, 2.45) is 11.8 Å². The lowest BCUT2D eigenvalue weighted by Crippen LogP contribution is -2.30. The summed E-state index contributed by atoms with van der Waals surface area (Å²) in [6.07, 6.45) is 38.0. The van der Waals surface area contributed by atoms with Crippen LogP contribution >= 0.6 is 0 Å². The van der Waals surface area contributed by atoms with E-state index in [1.165, 1.54) is 141 Å². The lowest BCUT2D eigenvalue weighted by molar-refractivity contribution is -0.167. The van der Waals surface area contributed by atoms with Gasteiger partial charge in [-0.2, -0.15) is 0 Å². The molecule has 0 aliphatic carbocycles. The quantitative estimate of drug-likeness (QED) is 0.0352. The molecule has 53 heavy (non-hydrogen) atoms. The average molecular weight is 751 g/mol. The zero-order chi connectivity index (χ0) is 39.0. The summed E-state index contributed by atoms with van der Waals surface area (Å²) in [4.78, 5) is 37.7. The molecule has 0 N–H and O–H groups in total. The molecule has 0 rings (SSSR count). The number of unbranched alkanes of at least 4 members (excludes halogenated alkanes) is 25. The third-order valence-corrected chi connectivity index (χ3v) is 10.8. The fourth-order valence-electron chi connectivity index (χ4n) is 6.90.